The smallest absolute Gasteiger partial charge is 0.134 e. The highest BCUT2D eigenvalue weighted by molar-refractivity contribution is 5.48. The molecule has 1 unspecified atom stereocenters. The maximum atomic E-state index is 5.45. The molecule has 1 atom stereocenters. The van der Waals surface area contributed by atoms with E-state index >= 15 is 0 Å². The SMILES string of the molecule is COc1ccc(CN2CCC(N(C)C)C2)cc1C#CCN. The van der Waals surface area contributed by atoms with Gasteiger partial charge in [0.1, 0.15) is 5.75 Å². The van der Waals surface area contributed by atoms with Crippen LogP contribution >= 0.6 is 0 Å². The first kappa shape index (κ1) is 15.8. The van der Waals surface area contributed by atoms with Gasteiger partial charge in [0.05, 0.1) is 19.2 Å². The molecule has 21 heavy (non-hydrogen) atoms. The summed E-state index contributed by atoms with van der Waals surface area (Å²) in [5, 5.41) is 0. The summed E-state index contributed by atoms with van der Waals surface area (Å²) < 4.78 is 5.35. The molecule has 2 rings (SSSR count). The van der Waals surface area contributed by atoms with Crippen LogP contribution in [0.5, 0.6) is 5.75 Å². The third kappa shape index (κ3) is 4.21. The molecule has 0 amide bonds. The molecule has 0 aliphatic carbocycles. The summed E-state index contributed by atoms with van der Waals surface area (Å²) in [5.41, 5.74) is 7.65. The monoisotopic (exact) mass is 287 g/mol. The molecule has 4 nitrogen and oxygen atoms in total. The summed E-state index contributed by atoms with van der Waals surface area (Å²) >= 11 is 0. The number of hydrogen-bond acceptors (Lipinski definition) is 4. The van der Waals surface area contributed by atoms with E-state index in [1.165, 1.54) is 12.0 Å². The number of nitrogens with two attached hydrogens (primary N) is 1. The number of ether oxygens (including phenoxy) is 1. The Labute approximate surface area is 127 Å². The summed E-state index contributed by atoms with van der Waals surface area (Å²) in [6.45, 7) is 3.61. The molecule has 114 valence electrons. The molecule has 0 radical (unpaired) electrons. The maximum Gasteiger partial charge on any atom is 0.134 e. The molecule has 0 spiro atoms. The Bertz CT molecular complexity index is 531. The van der Waals surface area contributed by atoms with Crippen LogP contribution in [-0.2, 0) is 6.54 Å². The van der Waals surface area contributed by atoms with Crippen molar-refractivity contribution in [1.82, 2.24) is 9.80 Å². The Morgan fingerprint density at radius 3 is 2.86 bits per heavy atom. The Kier molecular flexibility index (Phi) is 5.63. The van der Waals surface area contributed by atoms with Gasteiger partial charge in [0, 0.05) is 25.7 Å². The van der Waals surface area contributed by atoms with Crippen molar-refractivity contribution in [2.45, 2.75) is 19.0 Å². The minimum absolute atomic E-state index is 0.365. The highest BCUT2D eigenvalue weighted by atomic mass is 16.5. The number of rotatable bonds is 4. The molecule has 1 aromatic carbocycles. The predicted octanol–water partition coefficient (Wildman–Crippen LogP) is 1.14. The first-order valence-corrected chi connectivity index (χ1v) is 7.38. The van der Waals surface area contributed by atoms with Crippen LogP contribution in [0.1, 0.15) is 17.5 Å². The van der Waals surface area contributed by atoms with Crippen molar-refractivity contribution in [2.75, 3.05) is 40.8 Å². The molecule has 1 fully saturated rings. The van der Waals surface area contributed by atoms with Gasteiger partial charge < -0.3 is 15.4 Å². The van der Waals surface area contributed by atoms with Crippen LogP contribution < -0.4 is 10.5 Å². The van der Waals surface area contributed by atoms with Crippen molar-refractivity contribution in [2.24, 2.45) is 5.73 Å². The zero-order chi connectivity index (χ0) is 15.2. The van der Waals surface area contributed by atoms with Crippen molar-refractivity contribution in [3.05, 3.63) is 29.3 Å². The number of methoxy groups -OCH3 is 1. The summed E-state index contributed by atoms with van der Waals surface area (Å²) in [6, 6.07) is 6.90. The second kappa shape index (κ2) is 7.46. The first-order chi connectivity index (χ1) is 10.1. The Morgan fingerprint density at radius 2 is 2.24 bits per heavy atom. The quantitative estimate of drug-likeness (QED) is 0.843. The van der Waals surface area contributed by atoms with E-state index in [2.05, 4.69) is 47.9 Å². The molecule has 1 aliphatic heterocycles. The van der Waals surface area contributed by atoms with Crippen LogP contribution in [0, 0.1) is 11.8 Å². The standard InChI is InChI=1S/C17H25N3O/c1-19(2)16-8-10-20(13-16)12-14-6-7-17(21-3)15(11-14)5-4-9-18/h6-7,11,16H,8-10,12-13,18H2,1-3H3. The minimum Gasteiger partial charge on any atom is -0.495 e. The third-order valence-corrected chi connectivity index (χ3v) is 3.97. The van der Waals surface area contributed by atoms with Crippen LogP contribution in [0.3, 0.4) is 0 Å². The van der Waals surface area contributed by atoms with Gasteiger partial charge in [0.25, 0.3) is 0 Å². The highest BCUT2D eigenvalue weighted by Crippen LogP contribution is 2.22. The van der Waals surface area contributed by atoms with E-state index < -0.39 is 0 Å². The van der Waals surface area contributed by atoms with Crippen LogP contribution in [0.4, 0.5) is 0 Å². The molecule has 2 N–H and O–H groups in total. The largest absolute Gasteiger partial charge is 0.495 e. The lowest BCUT2D eigenvalue weighted by Crippen LogP contribution is -2.31. The summed E-state index contributed by atoms with van der Waals surface area (Å²) in [5.74, 6) is 6.80. The normalized spacial score (nSPS) is 18.6. The Balaban J connectivity index is 2.07. The van der Waals surface area contributed by atoms with Gasteiger partial charge in [-0.1, -0.05) is 17.9 Å². The number of nitrogens with zero attached hydrogens (tertiary/aromatic N) is 2. The van der Waals surface area contributed by atoms with Crippen LogP contribution in [-0.4, -0.2) is 56.7 Å². The fourth-order valence-corrected chi connectivity index (χ4v) is 2.73. The summed E-state index contributed by atoms with van der Waals surface area (Å²) in [7, 11) is 5.98. The Hall–Kier alpha value is -1.54. The van der Waals surface area contributed by atoms with Crippen molar-refractivity contribution in [1.29, 1.82) is 0 Å². The second-order valence-electron chi connectivity index (χ2n) is 5.68. The highest BCUT2D eigenvalue weighted by Gasteiger charge is 2.23. The fraction of sp³-hybridized carbons (Fsp3) is 0.529. The molecular weight excluding hydrogens is 262 g/mol. The van der Waals surface area contributed by atoms with Gasteiger partial charge in [-0.15, -0.1) is 0 Å². The fourth-order valence-electron chi connectivity index (χ4n) is 2.73. The number of likely N-dealkylation sites (N-methyl/N-ethyl adjacent to an activating group) is 1. The predicted molar refractivity (Wildman–Crippen MR) is 86.3 cm³/mol. The molecule has 0 saturated carbocycles. The van der Waals surface area contributed by atoms with E-state index in [0.29, 0.717) is 12.6 Å². The molecule has 4 heteroatoms. The van der Waals surface area contributed by atoms with E-state index in [1.54, 1.807) is 7.11 Å². The van der Waals surface area contributed by atoms with Gasteiger partial charge in [0.2, 0.25) is 0 Å². The van der Waals surface area contributed by atoms with E-state index in [-0.39, 0.29) is 0 Å². The van der Waals surface area contributed by atoms with Gasteiger partial charge in [-0.25, -0.2) is 0 Å². The van der Waals surface area contributed by atoms with Gasteiger partial charge in [-0.05, 0) is 38.2 Å². The first-order valence-electron chi connectivity index (χ1n) is 7.38. The Morgan fingerprint density at radius 1 is 1.43 bits per heavy atom. The van der Waals surface area contributed by atoms with Gasteiger partial charge >= 0.3 is 0 Å². The average molecular weight is 287 g/mol. The molecule has 1 saturated heterocycles. The van der Waals surface area contributed by atoms with Gasteiger partial charge in [-0.3, -0.25) is 4.90 Å². The number of hydrogen-bond donors (Lipinski definition) is 1. The van der Waals surface area contributed by atoms with Crippen molar-refractivity contribution < 1.29 is 4.74 Å². The third-order valence-electron chi connectivity index (χ3n) is 3.97. The van der Waals surface area contributed by atoms with Crippen LogP contribution in [0.25, 0.3) is 0 Å². The topological polar surface area (TPSA) is 41.7 Å². The lowest BCUT2D eigenvalue weighted by molar-refractivity contribution is 0.264. The number of likely N-dealkylation sites (tertiary alicyclic amines) is 1. The van der Waals surface area contributed by atoms with Crippen molar-refractivity contribution in [3.63, 3.8) is 0 Å². The lowest BCUT2D eigenvalue weighted by Gasteiger charge is -2.20. The van der Waals surface area contributed by atoms with Crippen LogP contribution in [0.2, 0.25) is 0 Å². The second-order valence-corrected chi connectivity index (χ2v) is 5.68. The van der Waals surface area contributed by atoms with Gasteiger partial charge in [0.15, 0.2) is 0 Å². The average Bonchev–Trinajstić information content (AvgIpc) is 2.94. The zero-order valence-electron chi connectivity index (χ0n) is 13.2. The summed E-state index contributed by atoms with van der Waals surface area (Å²) in [6.07, 6.45) is 1.24. The molecule has 0 bridgehead atoms. The zero-order valence-corrected chi connectivity index (χ0v) is 13.2. The van der Waals surface area contributed by atoms with Crippen molar-refractivity contribution in [3.8, 4) is 17.6 Å². The minimum atomic E-state index is 0.365. The number of benzene rings is 1. The molecule has 0 aromatic heterocycles. The van der Waals surface area contributed by atoms with E-state index in [4.69, 9.17) is 10.5 Å². The van der Waals surface area contributed by atoms with Gasteiger partial charge in [-0.2, -0.15) is 0 Å². The van der Waals surface area contributed by atoms with Crippen molar-refractivity contribution >= 4 is 0 Å². The lowest BCUT2D eigenvalue weighted by atomic mass is 10.1. The van der Waals surface area contributed by atoms with E-state index in [1.807, 2.05) is 6.07 Å². The van der Waals surface area contributed by atoms with Crippen LogP contribution in [0.15, 0.2) is 18.2 Å². The maximum absolute atomic E-state index is 5.45. The molecule has 1 heterocycles. The molecular formula is C17H25N3O. The molecule has 1 aliphatic rings. The summed E-state index contributed by atoms with van der Waals surface area (Å²) in [4.78, 5) is 4.80. The van der Waals surface area contributed by atoms with E-state index in [0.717, 1.165) is 30.9 Å². The van der Waals surface area contributed by atoms with E-state index in [9.17, 15) is 0 Å². The molecule has 1 aromatic rings.